The minimum atomic E-state index is 0.630. The Hall–Kier alpha value is -1.93. The number of hydrogen-bond donors (Lipinski definition) is 0. The molecular formula is C16H14ClNO. The van der Waals surface area contributed by atoms with Gasteiger partial charge in [0.2, 0.25) is 0 Å². The molecule has 0 saturated carbocycles. The molecule has 3 rings (SSSR count). The Morgan fingerprint density at radius 2 is 1.84 bits per heavy atom. The Morgan fingerprint density at radius 3 is 2.53 bits per heavy atom. The van der Waals surface area contributed by atoms with Crippen molar-refractivity contribution in [1.82, 2.24) is 4.57 Å². The summed E-state index contributed by atoms with van der Waals surface area (Å²) in [5.74, 6) is 0.698. The Balaban J connectivity index is 2.19. The molecule has 0 aliphatic rings. The number of rotatable bonds is 2. The number of halogens is 1. The molecule has 2 aromatic carbocycles. The number of fused-ring (bicyclic) bond motifs is 1. The van der Waals surface area contributed by atoms with E-state index in [4.69, 9.17) is 16.3 Å². The summed E-state index contributed by atoms with van der Waals surface area (Å²) in [7, 11) is 3.69. The average molecular weight is 272 g/mol. The van der Waals surface area contributed by atoms with E-state index in [1.807, 2.05) is 30.3 Å². The van der Waals surface area contributed by atoms with Crippen molar-refractivity contribution in [2.45, 2.75) is 0 Å². The summed E-state index contributed by atoms with van der Waals surface area (Å²) < 4.78 is 7.36. The van der Waals surface area contributed by atoms with Gasteiger partial charge in [-0.15, -0.1) is 0 Å². The monoisotopic (exact) mass is 271 g/mol. The molecule has 19 heavy (non-hydrogen) atoms. The third kappa shape index (κ3) is 1.98. The predicted molar refractivity (Wildman–Crippen MR) is 79.9 cm³/mol. The summed E-state index contributed by atoms with van der Waals surface area (Å²) in [5, 5.41) is 1.86. The number of nitrogens with zero attached hydrogens (tertiary/aromatic N) is 1. The molecule has 0 unspecified atom stereocenters. The first kappa shape index (κ1) is 12.1. The number of hydrogen-bond acceptors (Lipinski definition) is 1. The van der Waals surface area contributed by atoms with Crippen LogP contribution in [0.2, 0.25) is 5.02 Å². The zero-order valence-corrected chi connectivity index (χ0v) is 11.6. The van der Waals surface area contributed by atoms with E-state index in [0.29, 0.717) is 10.8 Å². The second-order valence-corrected chi connectivity index (χ2v) is 4.90. The molecule has 2 nitrogen and oxygen atoms in total. The lowest BCUT2D eigenvalue weighted by molar-refractivity contribution is 0.415. The van der Waals surface area contributed by atoms with Crippen LogP contribution in [0.1, 0.15) is 0 Å². The lowest BCUT2D eigenvalue weighted by atomic mass is 10.1. The van der Waals surface area contributed by atoms with Gasteiger partial charge in [0.1, 0.15) is 5.75 Å². The van der Waals surface area contributed by atoms with Gasteiger partial charge in [0.25, 0.3) is 0 Å². The van der Waals surface area contributed by atoms with Crippen molar-refractivity contribution in [3.63, 3.8) is 0 Å². The van der Waals surface area contributed by atoms with Gasteiger partial charge < -0.3 is 9.30 Å². The molecule has 0 amide bonds. The number of ether oxygens (including phenoxy) is 1. The first-order valence-corrected chi connectivity index (χ1v) is 6.47. The topological polar surface area (TPSA) is 14.2 Å². The predicted octanol–water partition coefficient (Wildman–Crippen LogP) is 4.51. The first-order chi connectivity index (χ1) is 9.20. The van der Waals surface area contributed by atoms with E-state index in [-0.39, 0.29) is 0 Å². The zero-order valence-electron chi connectivity index (χ0n) is 10.9. The molecule has 3 heteroatoms. The van der Waals surface area contributed by atoms with Crippen LogP contribution < -0.4 is 4.74 Å². The Kier molecular flexibility index (Phi) is 2.96. The molecular weight excluding hydrogens is 258 g/mol. The van der Waals surface area contributed by atoms with Gasteiger partial charge in [-0.2, -0.15) is 0 Å². The van der Waals surface area contributed by atoms with Crippen molar-refractivity contribution in [2.75, 3.05) is 7.11 Å². The first-order valence-electron chi connectivity index (χ1n) is 6.09. The third-order valence-electron chi connectivity index (χ3n) is 3.40. The van der Waals surface area contributed by atoms with Crippen molar-refractivity contribution in [2.24, 2.45) is 7.05 Å². The Bertz CT molecular complexity index is 746. The molecule has 1 heterocycles. The van der Waals surface area contributed by atoms with Gasteiger partial charge in [0.05, 0.1) is 12.1 Å². The Morgan fingerprint density at radius 1 is 1.05 bits per heavy atom. The van der Waals surface area contributed by atoms with Crippen LogP contribution in [0.25, 0.3) is 22.2 Å². The van der Waals surface area contributed by atoms with Gasteiger partial charge in [0, 0.05) is 23.6 Å². The van der Waals surface area contributed by atoms with Gasteiger partial charge >= 0.3 is 0 Å². The van der Waals surface area contributed by atoms with E-state index in [2.05, 4.69) is 29.8 Å². The van der Waals surface area contributed by atoms with E-state index in [0.717, 1.165) is 11.3 Å². The molecule has 0 fully saturated rings. The number of methoxy groups -OCH3 is 1. The molecule has 0 aliphatic carbocycles. The minimum absolute atomic E-state index is 0.630. The van der Waals surface area contributed by atoms with E-state index in [9.17, 15) is 0 Å². The van der Waals surface area contributed by atoms with E-state index in [1.165, 1.54) is 10.9 Å². The normalized spacial score (nSPS) is 10.9. The fourth-order valence-corrected chi connectivity index (χ4v) is 2.65. The number of aryl methyl sites for hydroxylation is 1. The smallest absolute Gasteiger partial charge is 0.137 e. The lowest BCUT2D eigenvalue weighted by Gasteiger charge is -2.07. The maximum Gasteiger partial charge on any atom is 0.137 e. The summed E-state index contributed by atoms with van der Waals surface area (Å²) in [4.78, 5) is 0. The third-order valence-corrected chi connectivity index (χ3v) is 3.69. The standard InChI is InChI=1S/C16H14ClNO/c1-18-14-6-4-3-5-11(14)10-15(18)12-7-8-16(19-2)13(17)9-12/h3-10H,1-2H3. The summed E-state index contributed by atoms with van der Waals surface area (Å²) in [5.41, 5.74) is 3.44. The zero-order chi connectivity index (χ0) is 13.4. The van der Waals surface area contributed by atoms with Crippen molar-refractivity contribution in [1.29, 1.82) is 0 Å². The van der Waals surface area contributed by atoms with Crippen LogP contribution in [0, 0.1) is 0 Å². The molecule has 3 aromatic rings. The van der Waals surface area contributed by atoms with E-state index < -0.39 is 0 Å². The minimum Gasteiger partial charge on any atom is -0.495 e. The molecule has 0 atom stereocenters. The number of aromatic nitrogens is 1. The highest BCUT2D eigenvalue weighted by atomic mass is 35.5. The fraction of sp³-hybridized carbons (Fsp3) is 0.125. The maximum atomic E-state index is 6.20. The summed E-state index contributed by atoms with van der Waals surface area (Å²) in [6.07, 6.45) is 0. The molecule has 1 aromatic heterocycles. The van der Waals surface area contributed by atoms with Crippen molar-refractivity contribution in [3.8, 4) is 17.0 Å². The SMILES string of the molecule is COc1ccc(-c2cc3ccccc3n2C)cc1Cl. The van der Waals surface area contributed by atoms with Gasteiger partial charge in [-0.25, -0.2) is 0 Å². The molecule has 96 valence electrons. The van der Waals surface area contributed by atoms with Crippen molar-refractivity contribution < 1.29 is 4.74 Å². The molecule has 0 bridgehead atoms. The second-order valence-electron chi connectivity index (χ2n) is 4.50. The largest absolute Gasteiger partial charge is 0.495 e. The lowest BCUT2D eigenvalue weighted by Crippen LogP contribution is -1.91. The van der Waals surface area contributed by atoms with Gasteiger partial charge in [-0.1, -0.05) is 29.8 Å². The van der Waals surface area contributed by atoms with Crippen molar-refractivity contribution in [3.05, 3.63) is 53.6 Å². The van der Waals surface area contributed by atoms with Crippen LogP contribution in [0.5, 0.6) is 5.75 Å². The van der Waals surface area contributed by atoms with Gasteiger partial charge in [-0.3, -0.25) is 0 Å². The number of para-hydroxylation sites is 1. The highest BCUT2D eigenvalue weighted by molar-refractivity contribution is 6.32. The molecule has 0 saturated heterocycles. The second kappa shape index (κ2) is 4.63. The van der Waals surface area contributed by atoms with Crippen LogP contribution in [0.15, 0.2) is 48.5 Å². The number of benzene rings is 2. The van der Waals surface area contributed by atoms with E-state index >= 15 is 0 Å². The molecule has 0 radical (unpaired) electrons. The summed E-state index contributed by atoms with van der Waals surface area (Å²) >= 11 is 6.20. The van der Waals surface area contributed by atoms with Crippen LogP contribution in [0.3, 0.4) is 0 Å². The van der Waals surface area contributed by atoms with Crippen molar-refractivity contribution >= 4 is 22.5 Å². The van der Waals surface area contributed by atoms with E-state index in [1.54, 1.807) is 7.11 Å². The van der Waals surface area contributed by atoms with Crippen LogP contribution in [0.4, 0.5) is 0 Å². The van der Waals surface area contributed by atoms with Crippen LogP contribution >= 0.6 is 11.6 Å². The maximum absolute atomic E-state index is 6.20. The van der Waals surface area contributed by atoms with Gasteiger partial charge in [0.15, 0.2) is 0 Å². The highest BCUT2D eigenvalue weighted by Gasteiger charge is 2.09. The summed E-state index contributed by atoms with van der Waals surface area (Å²) in [6, 6.07) is 16.4. The molecule has 0 spiro atoms. The molecule has 0 aliphatic heterocycles. The molecule has 0 N–H and O–H groups in total. The fourth-order valence-electron chi connectivity index (χ4n) is 2.39. The van der Waals surface area contributed by atoms with Crippen LogP contribution in [-0.2, 0) is 7.05 Å². The van der Waals surface area contributed by atoms with Gasteiger partial charge in [-0.05, 0) is 35.9 Å². The van der Waals surface area contributed by atoms with Crippen LogP contribution in [-0.4, -0.2) is 11.7 Å². The Labute approximate surface area is 117 Å². The highest BCUT2D eigenvalue weighted by Crippen LogP contribution is 2.32. The average Bonchev–Trinajstić information content (AvgIpc) is 2.77. The quantitative estimate of drug-likeness (QED) is 0.669. The summed E-state index contributed by atoms with van der Waals surface area (Å²) in [6.45, 7) is 0.